The van der Waals surface area contributed by atoms with Gasteiger partial charge in [0.15, 0.2) is 6.61 Å². The lowest BCUT2D eigenvalue weighted by Gasteiger charge is -2.13. The first kappa shape index (κ1) is 19.5. The Bertz CT molecular complexity index is 935. The maximum absolute atomic E-state index is 12.9. The molecule has 26 heavy (non-hydrogen) atoms. The van der Waals surface area contributed by atoms with Crippen molar-refractivity contribution >= 4 is 27.1 Å². The van der Waals surface area contributed by atoms with Crippen molar-refractivity contribution in [1.82, 2.24) is 9.97 Å². The summed E-state index contributed by atoms with van der Waals surface area (Å²) in [7, 11) is -2.29. The Morgan fingerprint density at radius 3 is 2.50 bits per heavy atom. The number of hydrogen-bond acceptors (Lipinski definition) is 6. The monoisotopic (exact) mass is 384 g/mol. The molecule has 2 aromatic rings. The molecule has 0 bridgehead atoms. The SMILES string of the molecule is C#CCOc1nc(Nc2ccc(N=S(C)(C)=O)cc2)ncc1C(F)(F)F. The molecule has 10 heteroatoms. The molecule has 0 aliphatic heterocycles. The summed E-state index contributed by atoms with van der Waals surface area (Å²) in [5.41, 5.74) is -0.102. The maximum Gasteiger partial charge on any atom is 0.423 e. The number of terminal acetylenes is 1. The van der Waals surface area contributed by atoms with E-state index in [0.29, 0.717) is 17.6 Å². The Labute approximate surface area is 149 Å². The van der Waals surface area contributed by atoms with E-state index in [9.17, 15) is 17.4 Å². The summed E-state index contributed by atoms with van der Waals surface area (Å²) >= 11 is 0. The predicted molar refractivity (Wildman–Crippen MR) is 93.2 cm³/mol. The van der Waals surface area contributed by atoms with Gasteiger partial charge in [0.2, 0.25) is 11.8 Å². The van der Waals surface area contributed by atoms with Crippen LogP contribution in [-0.2, 0) is 15.9 Å². The zero-order valence-electron chi connectivity index (χ0n) is 13.9. The van der Waals surface area contributed by atoms with E-state index in [1.165, 1.54) is 12.5 Å². The molecule has 0 unspecified atom stereocenters. The van der Waals surface area contributed by atoms with Crippen LogP contribution in [0.25, 0.3) is 0 Å². The molecule has 6 nitrogen and oxygen atoms in total. The second kappa shape index (κ2) is 7.61. The summed E-state index contributed by atoms with van der Waals surface area (Å²) in [5, 5.41) is 2.76. The van der Waals surface area contributed by atoms with Crippen LogP contribution in [0.15, 0.2) is 34.8 Å². The number of nitrogens with one attached hydrogen (secondary N) is 1. The van der Waals surface area contributed by atoms with Crippen molar-refractivity contribution in [1.29, 1.82) is 0 Å². The van der Waals surface area contributed by atoms with E-state index < -0.39 is 27.3 Å². The van der Waals surface area contributed by atoms with Crippen molar-refractivity contribution in [3.8, 4) is 18.2 Å². The van der Waals surface area contributed by atoms with Crippen molar-refractivity contribution in [3.63, 3.8) is 0 Å². The summed E-state index contributed by atoms with van der Waals surface area (Å²) in [5.74, 6) is 1.34. The molecule has 2 rings (SSSR count). The number of halogens is 3. The van der Waals surface area contributed by atoms with Crippen LogP contribution >= 0.6 is 0 Å². The normalized spacial score (nSPS) is 11.5. The zero-order chi connectivity index (χ0) is 19.4. The van der Waals surface area contributed by atoms with Gasteiger partial charge in [0.1, 0.15) is 5.56 Å². The van der Waals surface area contributed by atoms with Crippen LogP contribution in [0, 0.1) is 12.3 Å². The van der Waals surface area contributed by atoms with E-state index in [4.69, 9.17) is 11.2 Å². The number of benzene rings is 1. The number of nitrogens with zero attached hydrogens (tertiary/aromatic N) is 3. The quantitative estimate of drug-likeness (QED) is 0.797. The highest BCUT2D eigenvalue weighted by Crippen LogP contribution is 2.35. The van der Waals surface area contributed by atoms with E-state index in [0.717, 1.165) is 0 Å². The number of ether oxygens (including phenoxy) is 1. The van der Waals surface area contributed by atoms with Crippen molar-refractivity contribution in [2.75, 3.05) is 24.4 Å². The molecule has 0 amide bonds. The minimum absolute atomic E-state index is 0.0931. The second-order valence-corrected chi connectivity index (χ2v) is 7.89. The lowest BCUT2D eigenvalue weighted by Crippen LogP contribution is -2.12. The molecule has 1 N–H and O–H groups in total. The van der Waals surface area contributed by atoms with Crippen LogP contribution in [-0.4, -0.2) is 33.3 Å². The van der Waals surface area contributed by atoms with Gasteiger partial charge in [-0.05, 0) is 24.3 Å². The minimum Gasteiger partial charge on any atom is -0.464 e. The number of alkyl halides is 3. The third-order valence-corrected chi connectivity index (χ3v) is 3.45. The summed E-state index contributed by atoms with van der Waals surface area (Å²) in [4.78, 5) is 7.37. The Hall–Kier alpha value is -2.80. The maximum atomic E-state index is 12.9. The van der Waals surface area contributed by atoms with Crippen LogP contribution in [0.2, 0.25) is 0 Å². The lowest BCUT2D eigenvalue weighted by molar-refractivity contribution is -0.139. The fourth-order valence-corrected chi connectivity index (χ4v) is 2.46. The molecule has 0 saturated carbocycles. The number of hydrogen-bond donors (Lipinski definition) is 1. The van der Waals surface area contributed by atoms with E-state index in [-0.39, 0.29) is 12.6 Å². The highest BCUT2D eigenvalue weighted by Gasteiger charge is 2.36. The van der Waals surface area contributed by atoms with Gasteiger partial charge in [0.05, 0.1) is 5.69 Å². The highest BCUT2D eigenvalue weighted by atomic mass is 32.2. The average Bonchev–Trinajstić information content (AvgIpc) is 2.52. The number of anilines is 2. The van der Waals surface area contributed by atoms with Gasteiger partial charge in [-0.3, -0.25) is 0 Å². The molecule has 1 aromatic carbocycles. The van der Waals surface area contributed by atoms with E-state index in [1.54, 1.807) is 24.3 Å². The van der Waals surface area contributed by atoms with Crippen LogP contribution in [0.1, 0.15) is 5.56 Å². The van der Waals surface area contributed by atoms with E-state index in [1.807, 2.05) is 0 Å². The molecule has 138 valence electrons. The lowest BCUT2D eigenvalue weighted by atomic mass is 10.3. The third kappa shape index (κ3) is 5.63. The fourth-order valence-electron chi connectivity index (χ4n) is 1.83. The fraction of sp³-hybridized carbons (Fsp3) is 0.250. The van der Waals surface area contributed by atoms with E-state index >= 15 is 0 Å². The van der Waals surface area contributed by atoms with Gasteiger partial charge in [-0.15, -0.1) is 6.42 Å². The molecule has 0 atom stereocenters. The summed E-state index contributed by atoms with van der Waals surface area (Å²) in [6, 6.07) is 6.42. The molecule has 0 fully saturated rings. The van der Waals surface area contributed by atoms with Crippen LogP contribution in [0.5, 0.6) is 5.88 Å². The topological polar surface area (TPSA) is 76.5 Å². The summed E-state index contributed by atoms with van der Waals surface area (Å²) < 4.78 is 59.4. The highest BCUT2D eigenvalue weighted by molar-refractivity contribution is 7.92. The van der Waals surface area contributed by atoms with Crippen molar-refractivity contribution in [2.24, 2.45) is 4.36 Å². The standard InChI is InChI=1S/C16H15F3N4O2S/c1-4-9-25-14-13(16(17,18)19)10-20-15(22-14)21-11-5-7-12(8-6-11)23-26(2,3)24/h1,5-8,10H,9H2,2-3H3,(H,20,21,22). The average molecular weight is 384 g/mol. The van der Waals surface area contributed by atoms with Gasteiger partial charge in [-0.1, -0.05) is 5.92 Å². The molecule has 1 aromatic heterocycles. The van der Waals surface area contributed by atoms with Gasteiger partial charge in [-0.2, -0.15) is 22.5 Å². The van der Waals surface area contributed by atoms with Crippen LogP contribution in [0.4, 0.5) is 30.5 Å². The Balaban J connectivity index is 2.27. The Kier molecular flexibility index (Phi) is 5.72. The molecule has 0 saturated heterocycles. The van der Waals surface area contributed by atoms with Gasteiger partial charge in [-0.25, -0.2) is 9.19 Å². The Morgan fingerprint density at radius 2 is 1.96 bits per heavy atom. The molecule has 0 radical (unpaired) electrons. The van der Waals surface area contributed by atoms with Gasteiger partial charge in [0, 0.05) is 34.1 Å². The number of rotatable bonds is 5. The largest absolute Gasteiger partial charge is 0.464 e. The smallest absolute Gasteiger partial charge is 0.423 e. The first-order valence-corrected chi connectivity index (χ1v) is 9.46. The van der Waals surface area contributed by atoms with Gasteiger partial charge < -0.3 is 10.1 Å². The Morgan fingerprint density at radius 1 is 1.31 bits per heavy atom. The predicted octanol–water partition coefficient (Wildman–Crippen LogP) is 3.61. The van der Waals surface area contributed by atoms with Crippen LogP contribution in [0.3, 0.4) is 0 Å². The molecule has 0 aliphatic rings. The van der Waals surface area contributed by atoms with Gasteiger partial charge >= 0.3 is 6.18 Å². The van der Waals surface area contributed by atoms with Crippen molar-refractivity contribution < 1.29 is 22.1 Å². The minimum atomic E-state index is -4.67. The summed E-state index contributed by atoms with van der Waals surface area (Å²) in [6.07, 6.45) is 3.98. The molecular formula is C16H15F3N4O2S. The van der Waals surface area contributed by atoms with E-state index in [2.05, 4.69) is 25.6 Å². The first-order valence-electron chi connectivity index (χ1n) is 7.13. The molecule has 0 aliphatic carbocycles. The van der Waals surface area contributed by atoms with Gasteiger partial charge in [0.25, 0.3) is 0 Å². The van der Waals surface area contributed by atoms with Crippen molar-refractivity contribution in [3.05, 3.63) is 36.0 Å². The first-order chi connectivity index (χ1) is 12.1. The number of aromatic nitrogens is 2. The zero-order valence-corrected chi connectivity index (χ0v) is 14.7. The van der Waals surface area contributed by atoms with Crippen LogP contribution < -0.4 is 10.1 Å². The third-order valence-electron chi connectivity index (χ3n) is 2.80. The molecule has 0 spiro atoms. The molecule has 1 heterocycles. The molecular weight excluding hydrogens is 369 g/mol. The van der Waals surface area contributed by atoms with Crippen molar-refractivity contribution in [2.45, 2.75) is 6.18 Å². The second-order valence-electron chi connectivity index (χ2n) is 5.35. The summed E-state index contributed by atoms with van der Waals surface area (Å²) in [6.45, 7) is -0.358.